The van der Waals surface area contributed by atoms with Gasteiger partial charge in [-0.1, -0.05) is 6.07 Å². The van der Waals surface area contributed by atoms with Gasteiger partial charge in [0, 0.05) is 24.1 Å². The molecule has 4 heteroatoms. The van der Waals surface area contributed by atoms with E-state index in [1.807, 2.05) is 39.1 Å². The number of hydrogen-bond donors (Lipinski definition) is 1. The minimum atomic E-state index is 0.612. The summed E-state index contributed by atoms with van der Waals surface area (Å²) < 4.78 is 7.83. The van der Waals surface area contributed by atoms with E-state index in [0.29, 0.717) is 6.61 Å². The molecule has 0 fully saturated rings. The summed E-state index contributed by atoms with van der Waals surface area (Å²) in [5, 5.41) is 0. The molecule has 1 heterocycles. The second kappa shape index (κ2) is 5.12. The van der Waals surface area contributed by atoms with Crippen molar-refractivity contribution in [1.82, 2.24) is 9.55 Å². The quantitative estimate of drug-likeness (QED) is 0.842. The smallest absolute Gasteiger partial charge is 0.124 e. The number of nitrogens with two attached hydrogens (primary N) is 1. The van der Waals surface area contributed by atoms with Gasteiger partial charge in [-0.25, -0.2) is 4.98 Å². The summed E-state index contributed by atoms with van der Waals surface area (Å²) in [4.78, 5) is 4.17. The molecule has 0 saturated heterocycles. The molecule has 0 radical (unpaired) electrons. The molecule has 1 aromatic heterocycles. The first-order chi connectivity index (χ1) is 8.58. The van der Waals surface area contributed by atoms with Crippen LogP contribution in [-0.4, -0.2) is 16.2 Å². The zero-order valence-electron chi connectivity index (χ0n) is 11.1. The summed E-state index contributed by atoms with van der Waals surface area (Å²) >= 11 is 0. The number of nitrogens with zero attached hydrogens (tertiary/aromatic N) is 2. The van der Waals surface area contributed by atoms with Crippen LogP contribution >= 0.6 is 0 Å². The summed E-state index contributed by atoms with van der Waals surface area (Å²) in [6.07, 6.45) is 3.75. The standard InChI is InChI=1S/C14H19N3O/c1-10-8-11(2)14(9-13(10)15)18-7-6-17-5-4-16-12(17)3/h4-5,8-9H,6-7,15H2,1-3H3. The summed E-state index contributed by atoms with van der Waals surface area (Å²) in [5.41, 5.74) is 8.86. The number of benzene rings is 1. The first-order valence-electron chi connectivity index (χ1n) is 6.05. The lowest BCUT2D eigenvalue weighted by atomic mass is 10.1. The molecule has 0 spiro atoms. The van der Waals surface area contributed by atoms with Gasteiger partial charge in [0.1, 0.15) is 18.2 Å². The first kappa shape index (κ1) is 12.5. The Kier molecular flexibility index (Phi) is 3.55. The van der Waals surface area contributed by atoms with E-state index in [9.17, 15) is 0 Å². The van der Waals surface area contributed by atoms with Gasteiger partial charge in [-0.2, -0.15) is 0 Å². The van der Waals surface area contributed by atoms with Crippen LogP contribution in [0.25, 0.3) is 0 Å². The number of aryl methyl sites for hydroxylation is 3. The second-order valence-corrected chi connectivity index (χ2v) is 4.49. The van der Waals surface area contributed by atoms with Crippen LogP contribution in [0.2, 0.25) is 0 Å². The highest BCUT2D eigenvalue weighted by atomic mass is 16.5. The molecule has 0 aliphatic carbocycles. The molecule has 2 N–H and O–H groups in total. The largest absolute Gasteiger partial charge is 0.491 e. The fourth-order valence-electron chi connectivity index (χ4n) is 1.90. The Morgan fingerprint density at radius 2 is 2.00 bits per heavy atom. The zero-order valence-corrected chi connectivity index (χ0v) is 11.1. The van der Waals surface area contributed by atoms with Crippen molar-refractivity contribution in [3.05, 3.63) is 41.5 Å². The van der Waals surface area contributed by atoms with E-state index in [0.717, 1.165) is 34.9 Å². The molecule has 0 bridgehead atoms. The normalized spacial score (nSPS) is 10.6. The number of hydrogen-bond acceptors (Lipinski definition) is 3. The van der Waals surface area contributed by atoms with E-state index in [1.54, 1.807) is 6.20 Å². The Morgan fingerprint density at radius 3 is 2.67 bits per heavy atom. The van der Waals surface area contributed by atoms with Crippen LogP contribution in [0.15, 0.2) is 24.5 Å². The number of imidazole rings is 1. The molecule has 0 aliphatic heterocycles. The highest BCUT2D eigenvalue weighted by Gasteiger charge is 2.04. The third kappa shape index (κ3) is 2.64. The van der Waals surface area contributed by atoms with Gasteiger partial charge in [-0.15, -0.1) is 0 Å². The molecular formula is C14H19N3O. The van der Waals surface area contributed by atoms with Crippen LogP contribution in [0.1, 0.15) is 17.0 Å². The Morgan fingerprint density at radius 1 is 1.22 bits per heavy atom. The van der Waals surface area contributed by atoms with Gasteiger partial charge in [0.05, 0.1) is 6.54 Å². The third-order valence-corrected chi connectivity index (χ3v) is 3.08. The molecule has 0 amide bonds. The summed E-state index contributed by atoms with van der Waals surface area (Å²) in [6, 6.07) is 3.94. The maximum Gasteiger partial charge on any atom is 0.124 e. The molecule has 18 heavy (non-hydrogen) atoms. The molecule has 0 unspecified atom stereocenters. The van der Waals surface area contributed by atoms with Gasteiger partial charge in [-0.3, -0.25) is 0 Å². The maximum absolute atomic E-state index is 5.88. The molecule has 96 valence electrons. The summed E-state index contributed by atoms with van der Waals surface area (Å²) in [5.74, 6) is 1.86. The molecule has 1 aromatic carbocycles. The first-order valence-corrected chi connectivity index (χ1v) is 6.05. The van der Waals surface area contributed by atoms with E-state index < -0.39 is 0 Å². The van der Waals surface area contributed by atoms with Crippen molar-refractivity contribution in [1.29, 1.82) is 0 Å². The van der Waals surface area contributed by atoms with Gasteiger partial charge in [-0.05, 0) is 31.9 Å². The second-order valence-electron chi connectivity index (χ2n) is 4.49. The average Bonchev–Trinajstić information content (AvgIpc) is 2.72. The molecule has 2 rings (SSSR count). The number of rotatable bonds is 4. The van der Waals surface area contributed by atoms with Crippen molar-refractivity contribution >= 4 is 5.69 Å². The van der Waals surface area contributed by atoms with Crippen molar-refractivity contribution in [2.45, 2.75) is 27.3 Å². The van der Waals surface area contributed by atoms with Crippen molar-refractivity contribution in [3.63, 3.8) is 0 Å². The number of nitrogen functional groups attached to an aromatic ring is 1. The van der Waals surface area contributed by atoms with E-state index in [1.165, 1.54) is 0 Å². The van der Waals surface area contributed by atoms with E-state index >= 15 is 0 Å². The van der Waals surface area contributed by atoms with Crippen LogP contribution in [-0.2, 0) is 6.54 Å². The van der Waals surface area contributed by atoms with Crippen LogP contribution in [0.3, 0.4) is 0 Å². The Bertz CT molecular complexity index is 546. The summed E-state index contributed by atoms with van der Waals surface area (Å²) in [6.45, 7) is 7.42. The third-order valence-electron chi connectivity index (χ3n) is 3.08. The fourth-order valence-corrected chi connectivity index (χ4v) is 1.90. The van der Waals surface area contributed by atoms with Crippen LogP contribution < -0.4 is 10.5 Å². The topological polar surface area (TPSA) is 53.1 Å². The predicted molar refractivity (Wildman–Crippen MR) is 72.8 cm³/mol. The minimum Gasteiger partial charge on any atom is -0.491 e. The molecule has 0 saturated carbocycles. The highest BCUT2D eigenvalue weighted by Crippen LogP contribution is 2.24. The fraction of sp³-hybridized carbons (Fsp3) is 0.357. The van der Waals surface area contributed by atoms with Crippen molar-refractivity contribution in [2.24, 2.45) is 0 Å². The lowest BCUT2D eigenvalue weighted by Crippen LogP contribution is -2.09. The molecule has 0 aliphatic rings. The highest BCUT2D eigenvalue weighted by molar-refractivity contribution is 5.54. The molecule has 2 aromatic rings. The lowest BCUT2D eigenvalue weighted by Gasteiger charge is -2.12. The molecule has 4 nitrogen and oxygen atoms in total. The van der Waals surface area contributed by atoms with E-state index in [-0.39, 0.29) is 0 Å². The number of aromatic nitrogens is 2. The molecule has 0 atom stereocenters. The number of anilines is 1. The zero-order chi connectivity index (χ0) is 13.1. The Hall–Kier alpha value is -1.97. The van der Waals surface area contributed by atoms with Crippen LogP contribution in [0.5, 0.6) is 5.75 Å². The van der Waals surface area contributed by atoms with Gasteiger partial charge in [0.2, 0.25) is 0 Å². The predicted octanol–water partition coefficient (Wildman–Crippen LogP) is 2.47. The van der Waals surface area contributed by atoms with Gasteiger partial charge in [0.15, 0.2) is 0 Å². The average molecular weight is 245 g/mol. The number of ether oxygens (including phenoxy) is 1. The Balaban J connectivity index is 1.99. The van der Waals surface area contributed by atoms with Crippen LogP contribution in [0, 0.1) is 20.8 Å². The van der Waals surface area contributed by atoms with Gasteiger partial charge in [0.25, 0.3) is 0 Å². The summed E-state index contributed by atoms with van der Waals surface area (Å²) in [7, 11) is 0. The van der Waals surface area contributed by atoms with Crippen LogP contribution in [0.4, 0.5) is 5.69 Å². The van der Waals surface area contributed by atoms with E-state index in [4.69, 9.17) is 10.5 Å². The minimum absolute atomic E-state index is 0.612. The SMILES string of the molecule is Cc1cc(C)c(OCCn2ccnc2C)cc1N. The Labute approximate surface area is 107 Å². The monoisotopic (exact) mass is 245 g/mol. The lowest BCUT2D eigenvalue weighted by molar-refractivity contribution is 0.295. The maximum atomic E-state index is 5.88. The molecular weight excluding hydrogens is 226 g/mol. The van der Waals surface area contributed by atoms with Crippen molar-refractivity contribution in [2.75, 3.05) is 12.3 Å². The van der Waals surface area contributed by atoms with E-state index in [2.05, 4.69) is 9.55 Å². The van der Waals surface area contributed by atoms with Crippen molar-refractivity contribution in [3.8, 4) is 5.75 Å². The van der Waals surface area contributed by atoms with Gasteiger partial charge >= 0.3 is 0 Å². The van der Waals surface area contributed by atoms with Gasteiger partial charge < -0.3 is 15.0 Å². The van der Waals surface area contributed by atoms with Crippen molar-refractivity contribution < 1.29 is 4.74 Å².